The lowest BCUT2D eigenvalue weighted by Crippen LogP contribution is -2.41. The molecule has 0 amide bonds. The van der Waals surface area contributed by atoms with Crippen molar-refractivity contribution < 1.29 is 14.0 Å². The fourth-order valence-electron chi connectivity index (χ4n) is 1.91. The third-order valence-corrected chi connectivity index (χ3v) is 3.76. The molecule has 1 aliphatic rings. The number of nitriles is 1. The van der Waals surface area contributed by atoms with Gasteiger partial charge in [-0.2, -0.15) is 5.26 Å². The highest BCUT2D eigenvalue weighted by Crippen LogP contribution is 2.37. The van der Waals surface area contributed by atoms with Gasteiger partial charge in [0.2, 0.25) is 0 Å². The first kappa shape index (κ1) is 13.8. The number of rotatable bonds is 2. The molecular weight excluding hydrogens is 243 g/mol. The number of methoxy groups -OCH3 is 1. The predicted molar refractivity (Wildman–Crippen MR) is 71.2 cm³/mol. The smallest absolute Gasteiger partial charge is 0.496 e. The van der Waals surface area contributed by atoms with Crippen LogP contribution in [0.1, 0.15) is 33.3 Å². The highest BCUT2D eigenvalue weighted by atomic mass is 16.7. The second-order valence-corrected chi connectivity index (χ2v) is 5.51. The van der Waals surface area contributed by atoms with Gasteiger partial charge in [0, 0.05) is 17.9 Å². The molecule has 2 rings (SSSR count). The van der Waals surface area contributed by atoms with Crippen molar-refractivity contribution in [1.82, 2.24) is 4.98 Å². The second kappa shape index (κ2) is 4.51. The first-order valence-corrected chi connectivity index (χ1v) is 6.10. The largest absolute Gasteiger partial charge is 0.500 e. The molecule has 0 radical (unpaired) electrons. The van der Waals surface area contributed by atoms with E-state index >= 15 is 0 Å². The van der Waals surface area contributed by atoms with Crippen LogP contribution in [0.4, 0.5) is 0 Å². The summed E-state index contributed by atoms with van der Waals surface area (Å²) >= 11 is 0. The fourth-order valence-corrected chi connectivity index (χ4v) is 1.91. The molecule has 1 fully saturated rings. The lowest BCUT2D eigenvalue weighted by Gasteiger charge is -2.32. The minimum atomic E-state index is -0.583. The summed E-state index contributed by atoms with van der Waals surface area (Å²) in [5.74, 6) is 0.455. The highest BCUT2D eigenvalue weighted by Gasteiger charge is 2.52. The van der Waals surface area contributed by atoms with Gasteiger partial charge in [0.15, 0.2) is 0 Å². The standard InChI is InChI=1S/C13H17BN2O3/c1-12(2)13(3,4)19-14(18-12)10-8-16-7-9(6-15)11(10)17-5/h7-8H,1-5H3. The Kier molecular flexibility index (Phi) is 3.29. The van der Waals surface area contributed by atoms with Crippen molar-refractivity contribution in [3.63, 3.8) is 0 Å². The minimum Gasteiger partial charge on any atom is -0.496 e. The van der Waals surface area contributed by atoms with Crippen molar-refractivity contribution in [2.45, 2.75) is 38.9 Å². The van der Waals surface area contributed by atoms with E-state index in [0.717, 1.165) is 0 Å². The van der Waals surface area contributed by atoms with E-state index in [0.29, 0.717) is 16.8 Å². The number of ether oxygens (including phenoxy) is 1. The number of pyridine rings is 1. The number of aromatic nitrogens is 1. The molecule has 1 aliphatic heterocycles. The third kappa shape index (κ3) is 2.20. The zero-order chi connectivity index (χ0) is 14.3. The molecule has 1 saturated heterocycles. The molecule has 0 aliphatic carbocycles. The lowest BCUT2D eigenvalue weighted by atomic mass is 9.79. The van der Waals surface area contributed by atoms with Gasteiger partial charge in [-0.1, -0.05) is 0 Å². The Morgan fingerprint density at radius 3 is 2.26 bits per heavy atom. The minimum absolute atomic E-state index is 0.370. The van der Waals surface area contributed by atoms with Crippen LogP contribution in [-0.4, -0.2) is 30.4 Å². The molecule has 0 unspecified atom stereocenters. The van der Waals surface area contributed by atoms with Crippen molar-refractivity contribution >= 4 is 12.6 Å². The average Bonchev–Trinajstić information content (AvgIpc) is 2.57. The Balaban J connectivity index is 2.43. The van der Waals surface area contributed by atoms with Crippen LogP contribution < -0.4 is 10.2 Å². The van der Waals surface area contributed by atoms with E-state index in [4.69, 9.17) is 19.3 Å². The van der Waals surface area contributed by atoms with Gasteiger partial charge in [-0.3, -0.25) is 4.98 Å². The van der Waals surface area contributed by atoms with E-state index in [1.807, 2.05) is 27.7 Å². The molecule has 0 aromatic carbocycles. The van der Waals surface area contributed by atoms with E-state index < -0.39 is 18.3 Å². The van der Waals surface area contributed by atoms with E-state index in [1.54, 1.807) is 6.20 Å². The summed E-state index contributed by atoms with van der Waals surface area (Å²) in [5.41, 5.74) is 0.131. The highest BCUT2D eigenvalue weighted by molar-refractivity contribution is 6.63. The third-order valence-electron chi connectivity index (χ3n) is 3.76. The number of nitrogens with zero attached hydrogens (tertiary/aromatic N) is 2. The van der Waals surface area contributed by atoms with Crippen LogP contribution in [0.25, 0.3) is 0 Å². The summed E-state index contributed by atoms with van der Waals surface area (Å²) in [4.78, 5) is 4.04. The van der Waals surface area contributed by atoms with E-state index in [9.17, 15) is 0 Å². The maximum atomic E-state index is 9.07. The van der Waals surface area contributed by atoms with Crippen LogP contribution in [0.2, 0.25) is 0 Å². The summed E-state index contributed by atoms with van der Waals surface area (Å²) in [6.45, 7) is 7.89. The maximum Gasteiger partial charge on any atom is 0.500 e. The van der Waals surface area contributed by atoms with Gasteiger partial charge in [0.05, 0.1) is 18.3 Å². The predicted octanol–water partition coefficient (Wildman–Crippen LogP) is 1.26. The molecule has 0 N–H and O–H groups in total. The van der Waals surface area contributed by atoms with Crippen molar-refractivity contribution in [3.8, 4) is 11.8 Å². The summed E-state index contributed by atoms with van der Waals surface area (Å²) in [6, 6.07) is 2.05. The van der Waals surface area contributed by atoms with Crippen molar-refractivity contribution in [2.24, 2.45) is 0 Å². The molecule has 0 bridgehead atoms. The molecule has 1 aromatic rings. The normalized spacial score (nSPS) is 20.1. The van der Waals surface area contributed by atoms with E-state index in [-0.39, 0.29) is 0 Å². The van der Waals surface area contributed by atoms with Gasteiger partial charge in [0.25, 0.3) is 0 Å². The summed E-state index contributed by atoms with van der Waals surface area (Å²) in [6.07, 6.45) is 3.08. The number of hydrogen-bond acceptors (Lipinski definition) is 5. The molecule has 5 nitrogen and oxygen atoms in total. The summed E-state index contributed by atoms with van der Waals surface area (Å²) in [5, 5.41) is 9.07. The van der Waals surface area contributed by atoms with E-state index in [2.05, 4.69) is 11.1 Å². The first-order chi connectivity index (χ1) is 8.82. The Hall–Kier alpha value is -1.58. The van der Waals surface area contributed by atoms with Crippen molar-refractivity contribution in [1.29, 1.82) is 5.26 Å². The van der Waals surface area contributed by atoms with Gasteiger partial charge < -0.3 is 14.0 Å². The van der Waals surface area contributed by atoms with Gasteiger partial charge in [-0.15, -0.1) is 0 Å². The summed E-state index contributed by atoms with van der Waals surface area (Å²) < 4.78 is 17.2. The van der Waals surface area contributed by atoms with Crippen LogP contribution in [-0.2, 0) is 9.31 Å². The van der Waals surface area contributed by atoms with Crippen LogP contribution in [0.5, 0.6) is 5.75 Å². The van der Waals surface area contributed by atoms with E-state index in [1.165, 1.54) is 13.3 Å². The first-order valence-electron chi connectivity index (χ1n) is 6.10. The molecule has 19 heavy (non-hydrogen) atoms. The van der Waals surface area contributed by atoms with Gasteiger partial charge >= 0.3 is 7.12 Å². The molecule has 0 saturated carbocycles. The SMILES string of the molecule is COc1c(C#N)cncc1B1OC(C)(C)C(C)(C)O1. The van der Waals surface area contributed by atoms with Gasteiger partial charge in [0.1, 0.15) is 17.4 Å². The van der Waals surface area contributed by atoms with Crippen LogP contribution in [0.3, 0.4) is 0 Å². The van der Waals surface area contributed by atoms with Gasteiger partial charge in [-0.25, -0.2) is 0 Å². The average molecular weight is 260 g/mol. The molecule has 100 valence electrons. The maximum absolute atomic E-state index is 9.07. The van der Waals surface area contributed by atoms with Crippen LogP contribution in [0.15, 0.2) is 12.4 Å². The molecular formula is C13H17BN2O3. The zero-order valence-electron chi connectivity index (χ0n) is 11.9. The zero-order valence-corrected chi connectivity index (χ0v) is 11.9. The topological polar surface area (TPSA) is 64.4 Å². The Morgan fingerprint density at radius 1 is 1.21 bits per heavy atom. The Bertz CT molecular complexity index is 521. The van der Waals surface area contributed by atoms with Crippen LogP contribution in [0, 0.1) is 11.3 Å². The molecule has 1 aromatic heterocycles. The monoisotopic (exact) mass is 260 g/mol. The van der Waals surface area contributed by atoms with Gasteiger partial charge in [-0.05, 0) is 27.7 Å². The molecule has 0 atom stereocenters. The molecule has 2 heterocycles. The van der Waals surface area contributed by atoms with Crippen molar-refractivity contribution in [3.05, 3.63) is 18.0 Å². The van der Waals surface area contributed by atoms with Crippen LogP contribution >= 0.6 is 0 Å². The van der Waals surface area contributed by atoms with Crippen molar-refractivity contribution in [2.75, 3.05) is 7.11 Å². The Morgan fingerprint density at radius 2 is 1.79 bits per heavy atom. The quantitative estimate of drug-likeness (QED) is 0.749. The molecule has 0 spiro atoms. The molecule has 6 heteroatoms. The lowest BCUT2D eigenvalue weighted by molar-refractivity contribution is 0.00578. The Labute approximate surface area is 113 Å². The number of hydrogen-bond donors (Lipinski definition) is 0. The summed E-state index contributed by atoms with van der Waals surface area (Å²) in [7, 11) is 0.936. The second-order valence-electron chi connectivity index (χ2n) is 5.51. The fraction of sp³-hybridized carbons (Fsp3) is 0.538.